The predicted molar refractivity (Wildman–Crippen MR) is 90.5 cm³/mol. The van der Waals surface area contributed by atoms with Crippen LogP contribution in [-0.2, 0) is 16.1 Å². The highest BCUT2D eigenvalue weighted by molar-refractivity contribution is 5.79. The van der Waals surface area contributed by atoms with Gasteiger partial charge in [0.25, 0.3) is 0 Å². The quantitative estimate of drug-likeness (QED) is 0.790. The van der Waals surface area contributed by atoms with Gasteiger partial charge < -0.3 is 14.2 Å². The molecule has 3 heterocycles. The van der Waals surface area contributed by atoms with E-state index >= 15 is 0 Å². The first-order valence-corrected chi connectivity index (χ1v) is 8.65. The number of rotatable bonds is 4. The summed E-state index contributed by atoms with van der Waals surface area (Å²) in [5.74, 6) is 0.962. The molecule has 132 valence electrons. The fraction of sp³-hybridized carbons (Fsp3) is 0.667. The van der Waals surface area contributed by atoms with Crippen LogP contribution in [0, 0.1) is 13.8 Å². The monoisotopic (exact) mass is 333 g/mol. The van der Waals surface area contributed by atoms with Crippen molar-refractivity contribution in [2.75, 3.05) is 26.2 Å². The maximum Gasteiger partial charge on any atom is 0.249 e. The third-order valence-corrected chi connectivity index (χ3v) is 5.62. The number of hydrogen-bond donors (Lipinski definition) is 0. The molecule has 1 aromatic rings. The highest BCUT2D eigenvalue weighted by atomic mass is 16.5. The van der Waals surface area contributed by atoms with E-state index in [1.54, 1.807) is 6.08 Å². The van der Waals surface area contributed by atoms with Gasteiger partial charge in [-0.1, -0.05) is 11.2 Å². The minimum atomic E-state index is -0.230. The van der Waals surface area contributed by atoms with E-state index < -0.39 is 0 Å². The topological polar surface area (TPSA) is 58.8 Å². The van der Waals surface area contributed by atoms with Crippen molar-refractivity contribution in [1.29, 1.82) is 0 Å². The van der Waals surface area contributed by atoms with Gasteiger partial charge >= 0.3 is 0 Å². The molecule has 2 fully saturated rings. The average Bonchev–Trinajstić information content (AvgIpc) is 2.89. The molecule has 2 saturated heterocycles. The second-order valence-corrected chi connectivity index (χ2v) is 6.94. The molecule has 1 amide bonds. The van der Waals surface area contributed by atoms with Crippen molar-refractivity contribution >= 4 is 5.91 Å². The number of amides is 1. The molecule has 1 aromatic heterocycles. The summed E-state index contributed by atoms with van der Waals surface area (Å²) in [5, 5.41) is 4.04. The summed E-state index contributed by atoms with van der Waals surface area (Å²) in [6.07, 6.45) is 3.65. The third kappa shape index (κ3) is 3.00. The number of aryl methyl sites for hydroxylation is 2. The smallest absolute Gasteiger partial charge is 0.249 e. The second-order valence-electron chi connectivity index (χ2n) is 6.94. The van der Waals surface area contributed by atoms with E-state index in [1.807, 2.05) is 18.7 Å². The fourth-order valence-corrected chi connectivity index (χ4v) is 3.91. The van der Waals surface area contributed by atoms with Gasteiger partial charge in [-0.25, -0.2) is 0 Å². The van der Waals surface area contributed by atoms with Gasteiger partial charge in [-0.2, -0.15) is 0 Å². The summed E-state index contributed by atoms with van der Waals surface area (Å²) >= 11 is 0. The maximum absolute atomic E-state index is 12.1. The maximum atomic E-state index is 12.1. The molecule has 0 saturated carbocycles. The zero-order chi connectivity index (χ0) is 17.3. The predicted octanol–water partition coefficient (Wildman–Crippen LogP) is 2.06. The number of likely N-dealkylation sites (tertiary alicyclic amines) is 1. The van der Waals surface area contributed by atoms with Gasteiger partial charge in [0.1, 0.15) is 12.4 Å². The first kappa shape index (κ1) is 17.2. The van der Waals surface area contributed by atoms with Gasteiger partial charge in [0.2, 0.25) is 5.91 Å². The second kappa shape index (κ2) is 6.69. The number of carbonyl (C=O) groups is 1. The van der Waals surface area contributed by atoms with Gasteiger partial charge in [-0.05, 0) is 33.6 Å². The van der Waals surface area contributed by atoms with E-state index in [1.165, 1.54) is 5.56 Å². The Kier molecular flexibility index (Phi) is 4.78. The van der Waals surface area contributed by atoms with E-state index in [0.29, 0.717) is 6.54 Å². The molecule has 1 atom stereocenters. The van der Waals surface area contributed by atoms with E-state index in [-0.39, 0.29) is 24.2 Å². The number of carbonyl (C=O) groups excluding carboxylic acids is 1. The van der Waals surface area contributed by atoms with Crippen LogP contribution in [0.5, 0.6) is 0 Å². The number of morpholine rings is 1. The van der Waals surface area contributed by atoms with Crippen LogP contribution >= 0.6 is 0 Å². The summed E-state index contributed by atoms with van der Waals surface area (Å²) in [6, 6.07) is 0.0814. The first-order chi connectivity index (χ1) is 11.5. The van der Waals surface area contributed by atoms with Crippen molar-refractivity contribution in [1.82, 2.24) is 15.0 Å². The first-order valence-electron chi connectivity index (χ1n) is 8.65. The molecule has 0 aliphatic carbocycles. The molecule has 0 N–H and O–H groups in total. The van der Waals surface area contributed by atoms with Crippen molar-refractivity contribution in [3.63, 3.8) is 0 Å². The summed E-state index contributed by atoms with van der Waals surface area (Å²) in [7, 11) is 0. The summed E-state index contributed by atoms with van der Waals surface area (Å²) in [6.45, 7) is 13.4. The van der Waals surface area contributed by atoms with Crippen molar-refractivity contribution in [2.24, 2.45) is 0 Å². The Morgan fingerprint density at radius 2 is 2.08 bits per heavy atom. The molecular formula is C18H27N3O3. The lowest BCUT2D eigenvalue weighted by Gasteiger charge is -2.51. The molecule has 6 nitrogen and oxygen atoms in total. The SMILES string of the molecule is C=CCN1C(=O)COC2(CCN(Cc3c(C)noc3C)CC2)[C@@H]1C. The number of nitrogens with zero attached hydrogens (tertiary/aromatic N) is 3. The third-order valence-electron chi connectivity index (χ3n) is 5.62. The molecule has 2 aliphatic rings. The molecule has 2 aliphatic heterocycles. The van der Waals surface area contributed by atoms with Crippen molar-refractivity contribution in [3.8, 4) is 0 Å². The molecule has 0 bridgehead atoms. The van der Waals surface area contributed by atoms with Gasteiger partial charge in [0, 0.05) is 31.7 Å². The molecular weight excluding hydrogens is 306 g/mol. The van der Waals surface area contributed by atoms with Crippen LogP contribution in [0.15, 0.2) is 17.2 Å². The van der Waals surface area contributed by atoms with Crippen molar-refractivity contribution in [3.05, 3.63) is 29.7 Å². The van der Waals surface area contributed by atoms with Crippen LogP contribution < -0.4 is 0 Å². The van der Waals surface area contributed by atoms with E-state index in [0.717, 1.165) is 43.9 Å². The standard InChI is InChI=1S/C18H27N3O3/c1-5-8-21-15(4)18(23-12-17(21)22)6-9-20(10-7-18)11-16-13(2)19-24-14(16)3/h5,15H,1,6-12H2,2-4H3/t15-/m0/s1. The van der Waals surface area contributed by atoms with E-state index in [4.69, 9.17) is 9.26 Å². The molecule has 0 unspecified atom stereocenters. The Balaban J connectivity index is 1.65. The Morgan fingerprint density at radius 1 is 1.38 bits per heavy atom. The van der Waals surface area contributed by atoms with E-state index in [2.05, 4.69) is 23.6 Å². The average molecular weight is 333 g/mol. The van der Waals surface area contributed by atoms with Crippen LogP contribution in [0.25, 0.3) is 0 Å². The van der Waals surface area contributed by atoms with Crippen molar-refractivity contribution in [2.45, 2.75) is 51.8 Å². The van der Waals surface area contributed by atoms with Gasteiger partial charge in [-0.15, -0.1) is 6.58 Å². The van der Waals surface area contributed by atoms with Crippen LogP contribution in [0.1, 0.15) is 36.8 Å². The lowest BCUT2D eigenvalue weighted by Crippen LogP contribution is -2.63. The van der Waals surface area contributed by atoms with Crippen LogP contribution in [0.4, 0.5) is 0 Å². The molecule has 3 rings (SSSR count). The minimum Gasteiger partial charge on any atom is -0.363 e. The normalized spacial score (nSPS) is 24.5. The number of aromatic nitrogens is 1. The summed E-state index contributed by atoms with van der Waals surface area (Å²) < 4.78 is 11.3. The molecule has 24 heavy (non-hydrogen) atoms. The number of piperidine rings is 1. The zero-order valence-corrected chi connectivity index (χ0v) is 14.9. The molecule has 0 aromatic carbocycles. The summed E-state index contributed by atoms with van der Waals surface area (Å²) in [5.41, 5.74) is 1.93. The summed E-state index contributed by atoms with van der Waals surface area (Å²) in [4.78, 5) is 16.4. The Hall–Kier alpha value is -1.66. The number of hydrogen-bond acceptors (Lipinski definition) is 5. The van der Waals surface area contributed by atoms with Crippen LogP contribution in [-0.4, -0.2) is 58.7 Å². The molecule has 1 spiro atoms. The van der Waals surface area contributed by atoms with Gasteiger partial charge in [0.15, 0.2) is 0 Å². The van der Waals surface area contributed by atoms with Crippen LogP contribution in [0.3, 0.4) is 0 Å². The van der Waals surface area contributed by atoms with Gasteiger partial charge in [-0.3, -0.25) is 9.69 Å². The Labute approximate surface area is 143 Å². The van der Waals surface area contributed by atoms with Crippen molar-refractivity contribution < 1.29 is 14.1 Å². The molecule has 6 heteroatoms. The Morgan fingerprint density at radius 3 is 2.67 bits per heavy atom. The fourth-order valence-electron chi connectivity index (χ4n) is 3.91. The number of ether oxygens (including phenoxy) is 1. The zero-order valence-electron chi connectivity index (χ0n) is 14.9. The highest BCUT2D eigenvalue weighted by Crippen LogP contribution is 2.36. The largest absolute Gasteiger partial charge is 0.363 e. The lowest BCUT2D eigenvalue weighted by molar-refractivity contribution is -0.185. The Bertz CT molecular complexity index is 598. The highest BCUT2D eigenvalue weighted by Gasteiger charge is 2.47. The van der Waals surface area contributed by atoms with Gasteiger partial charge in [0.05, 0.1) is 17.3 Å². The van der Waals surface area contributed by atoms with Crippen LogP contribution in [0.2, 0.25) is 0 Å². The lowest BCUT2D eigenvalue weighted by atomic mass is 9.82. The minimum absolute atomic E-state index is 0.0613. The molecule has 0 radical (unpaired) electrons. The van der Waals surface area contributed by atoms with E-state index in [9.17, 15) is 4.79 Å².